The van der Waals surface area contributed by atoms with E-state index in [-0.39, 0.29) is 5.75 Å². The van der Waals surface area contributed by atoms with Gasteiger partial charge in [0.25, 0.3) is 5.91 Å². The van der Waals surface area contributed by atoms with E-state index >= 15 is 0 Å². The molecule has 1 aliphatic rings. The highest BCUT2D eigenvalue weighted by Gasteiger charge is 2.25. The Morgan fingerprint density at radius 2 is 2.00 bits per heavy atom. The van der Waals surface area contributed by atoms with Crippen LogP contribution in [0.25, 0.3) is 11.3 Å². The summed E-state index contributed by atoms with van der Waals surface area (Å²) in [6.07, 6.45) is 2.94. The predicted molar refractivity (Wildman–Crippen MR) is 86.4 cm³/mol. The Kier molecular flexibility index (Phi) is 3.96. The number of rotatable bonds is 3. The summed E-state index contributed by atoms with van der Waals surface area (Å²) in [5.41, 5.74) is 1.65. The summed E-state index contributed by atoms with van der Waals surface area (Å²) in [5, 5.41) is 3.82. The number of nitrogens with zero attached hydrogens (tertiary/aromatic N) is 2. The van der Waals surface area contributed by atoms with Gasteiger partial charge in [0.15, 0.2) is 9.84 Å². The summed E-state index contributed by atoms with van der Waals surface area (Å²) in [6.45, 7) is 1.75. The number of nitrogens with one attached hydrogen (secondary N) is 1. The van der Waals surface area contributed by atoms with Crippen LogP contribution < -0.4 is 5.32 Å². The maximum atomic E-state index is 12.5. The van der Waals surface area contributed by atoms with Crippen LogP contribution in [-0.2, 0) is 9.84 Å². The van der Waals surface area contributed by atoms with Crippen LogP contribution >= 0.6 is 0 Å². The third-order valence-electron chi connectivity index (χ3n) is 3.45. The van der Waals surface area contributed by atoms with Gasteiger partial charge in [-0.15, -0.1) is 0 Å². The minimum atomic E-state index is -3.22. The molecule has 23 heavy (non-hydrogen) atoms. The summed E-state index contributed by atoms with van der Waals surface area (Å²) in [5.74, 6) is 0.0471. The number of aryl methyl sites for hydroxylation is 1. The van der Waals surface area contributed by atoms with E-state index in [2.05, 4.69) is 15.3 Å². The molecule has 1 atom stereocenters. The summed E-state index contributed by atoms with van der Waals surface area (Å²) in [7, 11) is -3.22. The first-order valence-corrected chi connectivity index (χ1v) is 8.77. The maximum Gasteiger partial charge on any atom is 0.255 e. The van der Waals surface area contributed by atoms with Crippen molar-refractivity contribution >= 4 is 15.7 Å². The molecule has 118 valence electrons. The van der Waals surface area contributed by atoms with E-state index < -0.39 is 21.8 Å². The molecule has 1 aromatic carbocycles. The zero-order chi connectivity index (χ0) is 16.4. The molecule has 7 heteroatoms. The molecular formula is C16H15N3O3S. The van der Waals surface area contributed by atoms with Crippen LogP contribution in [0.5, 0.6) is 0 Å². The van der Waals surface area contributed by atoms with Crippen molar-refractivity contribution < 1.29 is 13.2 Å². The Morgan fingerprint density at radius 3 is 2.65 bits per heavy atom. The van der Waals surface area contributed by atoms with Gasteiger partial charge in [0.2, 0.25) is 0 Å². The lowest BCUT2D eigenvalue weighted by Gasteiger charge is -2.13. The predicted octanol–water partition coefficient (Wildman–Crippen LogP) is 1.49. The number of hydrogen-bond acceptors (Lipinski definition) is 5. The Morgan fingerprint density at radius 1 is 1.26 bits per heavy atom. The standard InChI is InChI=1S/C16H15N3O3S/c1-11-17-9-14(15(18-11)12-5-3-2-4-6-12)16(20)19-13-7-8-23(21,22)10-13/h2-9,13H,10H2,1H3,(H,19,20)/t13-/m0/s1. The molecule has 0 saturated carbocycles. The van der Waals surface area contributed by atoms with Crippen molar-refractivity contribution in [3.05, 3.63) is 59.4 Å². The highest BCUT2D eigenvalue weighted by Crippen LogP contribution is 2.21. The summed E-state index contributed by atoms with van der Waals surface area (Å²) in [6, 6.07) is 8.79. The van der Waals surface area contributed by atoms with Crippen LogP contribution in [0.15, 0.2) is 48.0 Å². The molecule has 0 fully saturated rings. The topological polar surface area (TPSA) is 89.0 Å². The molecule has 1 amide bonds. The molecule has 0 radical (unpaired) electrons. The van der Waals surface area contributed by atoms with Gasteiger partial charge >= 0.3 is 0 Å². The van der Waals surface area contributed by atoms with E-state index in [1.165, 1.54) is 12.3 Å². The molecule has 1 N–H and O–H groups in total. The van der Waals surface area contributed by atoms with Crippen LogP contribution in [0.2, 0.25) is 0 Å². The van der Waals surface area contributed by atoms with Crippen LogP contribution in [0.1, 0.15) is 16.2 Å². The van der Waals surface area contributed by atoms with Crippen molar-refractivity contribution in [2.75, 3.05) is 5.75 Å². The van der Waals surface area contributed by atoms with Crippen LogP contribution in [0.4, 0.5) is 0 Å². The van der Waals surface area contributed by atoms with Gasteiger partial charge in [-0.3, -0.25) is 4.79 Å². The van der Waals surface area contributed by atoms with Crippen LogP contribution in [0, 0.1) is 6.92 Å². The van der Waals surface area contributed by atoms with E-state index in [0.29, 0.717) is 17.1 Å². The Hall–Kier alpha value is -2.54. The largest absolute Gasteiger partial charge is 0.345 e. The fourth-order valence-corrected chi connectivity index (χ4v) is 3.60. The zero-order valence-corrected chi connectivity index (χ0v) is 13.2. The number of carbonyl (C=O) groups is 1. The quantitative estimate of drug-likeness (QED) is 0.921. The first kappa shape index (κ1) is 15.4. The minimum absolute atomic E-state index is 0.119. The molecule has 0 unspecified atom stereocenters. The Labute approximate surface area is 134 Å². The second-order valence-corrected chi connectivity index (χ2v) is 7.21. The second-order valence-electron chi connectivity index (χ2n) is 5.28. The van der Waals surface area contributed by atoms with Gasteiger partial charge in [0.1, 0.15) is 5.82 Å². The van der Waals surface area contributed by atoms with E-state index in [1.54, 1.807) is 6.92 Å². The van der Waals surface area contributed by atoms with E-state index in [9.17, 15) is 13.2 Å². The average molecular weight is 329 g/mol. The first-order chi connectivity index (χ1) is 10.9. The van der Waals surface area contributed by atoms with Crippen molar-refractivity contribution in [2.24, 2.45) is 0 Å². The normalized spacial score (nSPS) is 18.7. The van der Waals surface area contributed by atoms with Crippen LogP contribution in [-0.4, -0.2) is 36.1 Å². The van der Waals surface area contributed by atoms with Crippen molar-refractivity contribution in [3.63, 3.8) is 0 Å². The molecule has 2 heterocycles. The monoisotopic (exact) mass is 329 g/mol. The van der Waals surface area contributed by atoms with E-state index in [1.807, 2.05) is 30.3 Å². The highest BCUT2D eigenvalue weighted by atomic mass is 32.2. The molecule has 0 saturated heterocycles. The average Bonchev–Trinajstić information content (AvgIpc) is 2.86. The fraction of sp³-hybridized carbons (Fsp3) is 0.188. The smallest absolute Gasteiger partial charge is 0.255 e. The van der Waals surface area contributed by atoms with Gasteiger partial charge < -0.3 is 5.32 Å². The number of sulfone groups is 1. The number of carbonyl (C=O) groups excluding carboxylic acids is 1. The van der Waals surface area contributed by atoms with Gasteiger partial charge in [-0.2, -0.15) is 0 Å². The lowest BCUT2D eigenvalue weighted by atomic mass is 10.1. The summed E-state index contributed by atoms with van der Waals surface area (Å²) >= 11 is 0. The Balaban J connectivity index is 1.91. The molecule has 0 aliphatic carbocycles. The molecule has 1 aromatic heterocycles. The lowest BCUT2D eigenvalue weighted by Crippen LogP contribution is -2.36. The van der Waals surface area contributed by atoms with Gasteiger partial charge in [-0.1, -0.05) is 30.3 Å². The number of benzene rings is 1. The highest BCUT2D eigenvalue weighted by molar-refractivity contribution is 7.94. The molecule has 6 nitrogen and oxygen atoms in total. The number of aromatic nitrogens is 2. The molecule has 1 aliphatic heterocycles. The molecule has 0 bridgehead atoms. The second kappa shape index (κ2) is 5.92. The third kappa shape index (κ3) is 3.45. The van der Waals surface area contributed by atoms with Gasteiger partial charge in [0.05, 0.1) is 23.1 Å². The van der Waals surface area contributed by atoms with Gasteiger partial charge in [-0.05, 0) is 13.0 Å². The number of amides is 1. The van der Waals surface area contributed by atoms with Crippen molar-refractivity contribution in [1.82, 2.24) is 15.3 Å². The minimum Gasteiger partial charge on any atom is -0.345 e. The fourth-order valence-electron chi connectivity index (χ4n) is 2.36. The summed E-state index contributed by atoms with van der Waals surface area (Å²) < 4.78 is 22.9. The van der Waals surface area contributed by atoms with Gasteiger partial charge in [0, 0.05) is 17.2 Å². The SMILES string of the molecule is Cc1ncc(C(=O)N[C@H]2C=CS(=O)(=O)C2)c(-c2ccccc2)n1. The van der Waals surface area contributed by atoms with Crippen LogP contribution in [0.3, 0.4) is 0 Å². The van der Waals surface area contributed by atoms with E-state index in [4.69, 9.17) is 0 Å². The molecular weight excluding hydrogens is 314 g/mol. The molecule has 3 rings (SSSR count). The van der Waals surface area contributed by atoms with Crippen molar-refractivity contribution in [2.45, 2.75) is 13.0 Å². The third-order valence-corrected chi connectivity index (χ3v) is 4.84. The zero-order valence-electron chi connectivity index (χ0n) is 12.4. The first-order valence-electron chi connectivity index (χ1n) is 7.05. The lowest BCUT2D eigenvalue weighted by molar-refractivity contribution is 0.0947. The van der Waals surface area contributed by atoms with Gasteiger partial charge in [-0.25, -0.2) is 18.4 Å². The molecule has 0 spiro atoms. The van der Waals surface area contributed by atoms with E-state index in [0.717, 1.165) is 11.0 Å². The van der Waals surface area contributed by atoms with Crippen molar-refractivity contribution in [3.8, 4) is 11.3 Å². The maximum absolute atomic E-state index is 12.5. The van der Waals surface area contributed by atoms with Crippen molar-refractivity contribution in [1.29, 1.82) is 0 Å². The number of hydrogen-bond donors (Lipinski definition) is 1. The summed E-state index contributed by atoms with van der Waals surface area (Å²) in [4.78, 5) is 20.9. The Bertz CT molecular complexity index is 877. The molecule has 2 aromatic rings.